The Labute approximate surface area is 109 Å². The van der Waals surface area contributed by atoms with Gasteiger partial charge >= 0.3 is 0 Å². The fraction of sp³-hybridized carbons (Fsp3) is 0.400. The van der Waals surface area contributed by atoms with E-state index < -0.39 is 26.3 Å². The molecule has 5 nitrogen and oxygen atoms in total. The van der Waals surface area contributed by atoms with Crippen LogP contribution in [0, 0.1) is 5.82 Å². The van der Waals surface area contributed by atoms with Crippen LogP contribution < -0.4 is 10.5 Å². The van der Waals surface area contributed by atoms with Crippen LogP contribution in [0.15, 0.2) is 17.0 Å². The number of anilines is 1. The van der Waals surface area contributed by atoms with Crippen molar-refractivity contribution in [3.05, 3.63) is 23.0 Å². The third kappa shape index (κ3) is 2.44. The van der Waals surface area contributed by atoms with Crippen molar-refractivity contribution in [1.82, 2.24) is 4.72 Å². The van der Waals surface area contributed by atoms with E-state index in [1.54, 1.807) is 0 Å². The van der Waals surface area contributed by atoms with Crippen LogP contribution in [0.2, 0.25) is 5.02 Å². The van der Waals surface area contributed by atoms with Crippen molar-refractivity contribution in [2.75, 3.05) is 12.3 Å². The molecule has 1 aromatic carbocycles. The molecule has 1 aromatic rings. The highest BCUT2D eigenvalue weighted by molar-refractivity contribution is 7.89. The Bertz CT molecular complexity index is 587. The Balaban J connectivity index is 2.42. The maximum Gasteiger partial charge on any atom is 0.244 e. The molecule has 0 bridgehead atoms. The first-order valence-corrected chi connectivity index (χ1v) is 7.05. The number of nitrogen functional groups attached to an aromatic ring is 1. The van der Waals surface area contributed by atoms with Crippen LogP contribution in [-0.4, -0.2) is 25.7 Å². The van der Waals surface area contributed by atoms with Crippen LogP contribution in [-0.2, 0) is 10.0 Å². The van der Waals surface area contributed by atoms with Crippen molar-refractivity contribution >= 4 is 27.3 Å². The SMILES string of the molecule is Nc1cc(Cl)c(F)c(S(=O)(=O)NC2(CO)CC2)c1. The fourth-order valence-corrected chi connectivity index (χ4v) is 3.43. The molecule has 0 aliphatic heterocycles. The van der Waals surface area contributed by atoms with Gasteiger partial charge in [0.1, 0.15) is 4.90 Å². The third-order valence-electron chi connectivity index (χ3n) is 2.81. The highest BCUT2D eigenvalue weighted by Gasteiger charge is 2.46. The lowest BCUT2D eigenvalue weighted by Crippen LogP contribution is -2.39. The van der Waals surface area contributed by atoms with Crippen LogP contribution in [0.25, 0.3) is 0 Å². The van der Waals surface area contributed by atoms with E-state index in [1.807, 2.05) is 0 Å². The molecule has 0 amide bonds. The second-order valence-electron chi connectivity index (χ2n) is 4.36. The Morgan fingerprint density at radius 2 is 2.11 bits per heavy atom. The Morgan fingerprint density at radius 1 is 1.50 bits per heavy atom. The Morgan fingerprint density at radius 3 is 2.61 bits per heavy atom. The van der Waals surface area contributed by atoms with Crippen molar-refractivity contribution in [2.24, 2.45) is 0 Å². The van der Waals surface area contributed by atoms with Crippen molar-refractivity contribution < 1.29 is 17.9 Å². The summed E-state index contributed by atoms with van der Waals surface area (Å²) >= 11 is 5.55. The zero-order valence-corrected chi connectivity index (χ0v) is 10.9. The highest BCUT2D eigenvalue weighted by atomic mass is 35.5. The zero-order valence-electron chi connectivity index (χ0n) is 9.28. The molecule has 100 valence electrons. The van der Waals surface area contributed by atoms with Gasteiger partial charge in [0, 0.05) is 5.69 Å². The van der Waals surface area contributed by atoms with Crippen LogP contribution >= 0.6 is 11.6 Å². The van der Waals surface area contributed by atoms with Gasteiger partial charge in [-0.3, -0.25) is 0 Å². The summed E-state index contributed by atoms with van der Waals surface area (Å²) in [6, 6.07) is 2.13. The summed E-state index contributed by atoms with van der Waals surface area (Å²) in [6.45, 7) is -0.329. The molecule has 0 spiro atoms. The largest absolute Gasteiger partial charge is 0.399 e. The number of rotatable bonds is 4. The van der Waals surface area contributed by atoms with Gasteiger partial charge < -0.3 is 10.8 Å². The van der Waals surface area contributed by atoms with Gasteiger partial charge in [0.2, 0.25) is 10.0 Å². The maximum absolute atomic E-state index is 13.7. The molecular formula is C10H12ClFN2O3S. The topological polar surface area (TPSA) is 92.4 Å². The number of nitrogens with two attached hydrogens (primary N) is 1. The van der Waals surface area contributed by atoms with Crippen LogP contribution in [0.3, 0.4) is 0 Å². The summed E-state index contributed by atoms with van der Waals surface area (Å²) in [6.07, 6.45) is 1.03. The third-order valence-corrected chi connectivity index (χ3v) is 4.67. The van der Waals surface area contributed by atoms with E-state index in [9.17, 15) is 12.8 Å². The molecule has 1 aliphatic carbocycles. The van der Waals surface area contributed by atoms with Crippen molar-refractivity contribution in [3.8, 4) is 0 Å². The number of nitrogens with one attached hydrogen (secondary N) is 1. The molecule has 0 radical (unpaired) electrons. The van der Waals surface area contributed by atoms with E-state index in [-0.39, 0.29) is 17.3 Å². The smallest absolute Gasteiger partial charge is 0.244 e. The van der Waals surface area contributed by atoms with Gasteiger partial charge in [-0.15, -0.1) is 0 Å². The quantitative estimate of drug-likeness (QED) is 0.718. The Hall–Kier alpha value is -0.890. The number of sulfonamides is 1. The average molecular weight is 295 g/mol. The fourth-order valence-electron chi connectivity index (χ4n) is 1.56. The lowest BCUT2D eigenvalue weighted by atomic mass is 10.3. The molecule has 0 unspecified atom stereocenters. The number of hydrogen-bond donors (Lipinski definition) is 3. The zero-order chi connectivity index (χ0) is 13.6. The first-order chi connectivity index (χ1) is 8.30. The summed E-state index contributed by atoms with van der Waals surface area (Å²) in [5, 5.41) is 8.72. The van der Waals surface area contributed by atoms with E-state index in [0.29, 0.717) is 12.8 Å². The second-order valence-corrected chi connectivity index (χ2v) is 6.42. The minimum atomic E-state index is -4.09. The number of halogens is 2. The molecule has 8 heteroatoms. The molecule has 0 aromatic heterocycles. The normalized spacial score (nSPS) is 17.7. The molecule has 0 heterocycles. The van der Waals surface area contributed by atoms with Crippen molar-refractivity contribution in [2.45, 2.75) is 23.3 Å². The molecular weight excluding hydrogens is 283 g/mol. The number of hydrogen-bond acceptors (Lipinski definition) is 4. The van der Waals surface area contributed by atoms with Gasteiger partial charge in [-0.1, -0.05) is 11.6 Å². The number of aliphatic hydroxyl groups excluding tert-OH is 1. The van der Waals surface area contributed by atoms with Gasteiger partial charge in [-0.05, 0) is 25.0 Å². The molecule has 1 fully saturated rings. The average Bonchev–Trinajstić information content (AvgIpc) is 3.03. The molecule has 0 atom stereocenters. The van der Waals surface area contributed by atoms with Crippen molar-refractivity contribution in [3.63, 3.8) is 0 Å². The summed E-state index contributed by atoms with van der Waals surface area (Å²) in [5.41, 5.74) is 4.62. The summed E-state index contributed by atoms with van der Waals surface area (Å²) in [7, 11) is -4.09. The highest BCUT2D eigenvalue weighted by Crippen LogP contribution is 2.37. The number of aliphatic hydroxyl groups is 1. The summed E-state index contributed by atoms with van der Waals surface area (Å²) in [5.74, 6) is -1.05. The molecule has 4 N–H and O–H groups in total. The summed E-state index contributed by atoms with van der Waals surface area (Å²) < 4.78 is 40.0. The van der Waals surface area contributed by atoms with E-state index in [2.05, 4.69) is 4.72 Å². The summed E-state index contributed by atoms with van der Waals surface area (Å²) in [4.78, 5) is -0.604. The maximum atomic E-state index is 13.7. The van der Waals surface area contributed by atoms with Gasteiger partial charge in [-0.2, -0.15) is 0 Å². The van der Waals surface area contributed by atoms with Crippen LogP contribution in [0.4, 0.5) is 10.1 Å². The van der Waals surface area contributed by atoms with E-state index in [0.717, 1.165) is 12.1 Å². The predicted molar refractivity (Wildman–Crippen MR) is 65.2 cm³/mol. The first-order valence-electron chi connectivity index (χ1n) is 5.19. The van der Waals surface area contributed by atoms with Crippen LogP contribution in [0.1, 0.15) is 12.8 Å². The van der Waals surface area contributed by atoms with Crippen molar-refractivity contribution in [1.29, 1.82) is 0 Å². The van der Waals surface area contributed by atoms with Gasteiger partial charge in [0.15, 0.2) is 5.82 Å². The number of benzene rings is 1. The Kier molecular flexibility index (Phi) is 3.26. The second kappa shape index (κ2) is 4.34. The standard InChI is InChI=1S/C10H12ClFN2O3S/c11-7-3-6(13)4-8(9(7)12)18(16,17)14-10(5-15)1-2-10/h3-4,14-15H,1-2,5,13H2. The lowest BCUT2D eigenvalue weighted by molar-refractivity contribution is 0.246. The van der Waals surface area contributed by atoms with Gasteiger partial charge in [0.25, 0.3) is 0 Å². The predicted octanol–water partition coefficient (Wildman–Crippen LogP) is 0.865. The van der Waals surface area contributed by atoms with Gasteiger partial charge in [0.05, 0.1) is 17.2 Å². The minimum absolute atomic E-state index is 0.0515. The van der Waals surface area contributed by atoms with E-state index in [1.165, 1.54) is 0 Å². The molecule has 2 rings (SSSR count). The monoisotopic (exact) mass is 294 g/mol. The molecule has 1 aliphatic rings. The van der Waals surface area contributed by atoms with Gasteiger partial charge in [-0.25, -0.2) is 17.5 Å². The molecule has 0 saturated heterocycles. The van der Waals surface area contributed by atoms with E-state index in [4.69, 9.17) is 22.4 Å². The molecule has 18 heavy (non-hydrogen) atoms. The first kappa shape index (κ1) is 13.5. The van der Waals surface area contributed by atoms with E-state index >= 15 is 0 Å². The lowest BCUT2D eigenvalue weighted by Gasteiger charge is -2.15. The molecule has 1 saturated carbocycles. The van der Waals surface area contributed by atoms with Crippen LogP contribution in [0.5, 0.6) is 0 Å². The minimum Gasteiger partial charge on any atom is -0.399 e.